The fraction of sp³-hybridized carbons (Fsp3) is 0.478. The van der Waals surface area contributed by atoms with Crippen LogP contribution in [-0.4, -0.2) is 18.5 Å². The molecule has 0 spiro atoms. The zero-order chi connectivity index (χ0) is 21.2. The Morgan fingerprint density at radius 2 is 1.93 bits per heavy atom. The number of carbonyl (C=O) groups excluding carboxylic acids is 2. The van der Waals surface area contributed by atoms with E-state index in [-0.39, 0.29) is 36.1 Å². The molecule has 4 nitrogen and oxygen atoms in total. The molecule has 2 aromatic rings. The molecule has 1 heterocycles. The van der Waals surface area contributed by atoms with Crippen LogP contribution in [0, 0.1) is 17.2 Å². The standard InChI is InChI=1S/C23H28FNO3S/c1-5-28-22(27)20-17-11-8-15(23(2,3)4)13-18(17)29-21(20)25-19(26)12-14-6-9-16(24)10-7-14/h6-7,9-10,15H,5,8,11-13H2,1-4H3,(H,25,26)/t15-/m1/s1. The van der Waals surface area contributed by atoms with E-state index in [0.717, 1.165) is 35.3 Å². The summed E-state index contributed by atoms with van der Waals surface area (Å²) in [6.45, 7) is 8.80. The lowest BCUT2D eigenvalue weighted by atomic mass is 9.72. The predicted molar refractivity (Wildman–Crippen MR) is 114 cm³/mol. The number of esters is 1. The monoisotopic (exact) mass is 417 g/mol. The number of thiophene rings is 1. The number of hydrogen-bond donors (Lipinski definition) is 1. The molecular formula is C23H28FNO3S. The maximum absolute atomic E-state index is 13.1. The smallest absolute Gasteiger partial charge is 0.341 e. The number of fused-ring (bicyclic) bond motifs is 1. The molecule has 1 atom stereocenters. The van der Waals surface area contributed by atoms with Crippen molar-refractivity contribution in [3.05, 3.63) is 51.7 Å². The molecule has 3 rings (SSSR count). The largest absolute Gasteiger partial charge is 0.462 e. The van der Waals surface area contributed by atoms with Crippen LogP contribution in [0.15, 0.2) is 24.3 Å². The van der Waals surface area contributed by atoms with Gasteiger partial charge in [-0.05, 0) is 60.8 Å². The number of ether oxygens (including phenoxy) is 1. The number of nitrogens with one attached hydrogen (secondary N) is 1. The molecule has 1 aromatic heterocycles. The molecule has 6 heteroatoms. The highest BCUT2D eigenvalue weighted by molar-refractivity contribution is 7.17. The summed E-state index contributed by atoms with van der Waals surface area (Å²) in [5, 5.41) is 3.47. The van der Waals surface area contributed by atoms with Gasteiger partial charge < -0.3 is 10.1 Å². The lowest BCUT2D eigenvalue weighted by molar-refractivity contribution is -0.115. The molecule has 0 saturated heterocycles. The van der Waals surface area contributed by atoms with Crippen LogP contribution < -0.4 is 5.32 Å². The molecule has 0 unspecified atom stereocenters. The van der Waals surface area contributed by atoms with Crippen LogP contribution in [0.3, 0.4) is 0 Å². The van der Waals surface area contributed by atoms with Crippen LogP contribution in [0.4, 0.5) is 9.39 Å². The molecule has 1 amide bonds. The van der Waals surface area contributed by atoms with Crippen LogP contribution in [0.2, 0.25) is 0 Å². The molecule has 156 valence electrons. The minimum atomic E-state index is -0.378. The molecule has 0 aliphatic heterocycles. The molecule has 1 aliphatic carbocycles. The van der Waals surface area contributed by atoms with Crippen LogP contribution in [0.1, 0.15) is 60.5 Å². The lowest BCUT2D eigenvalue weighted by Crippen LogP contribution is -2.26. The Morgan fingerprint density at radius 3 is 2.55 bits per heavy atom. The van der Waals surface area contributed by atoms with Gasteiger partial charge in [-0.3, -0.25) is 4.79 Å². The average molecular weight is 418 g/mol. The number of anilines is 1. The number of rotatable bonds is 5. The quantitative estimate of drug-likeness (QED) is 0.663. The number of halogens is 1. The molecule has 0 saturated carbocycles. The average Bonchev–Trinajstić information content (AvgIpc) is 3.00. The van der Waals surface area contributed by atoms with Gasteiger partial charge >= 0.3 is 5.97 Å². The first-order valence-electron chi connectivity index (χ1n) is 10.0. The van der Waals surface area contributed by atoms with Gasteiger partial charge in [-0.1, -0.05) is 32.9 Å². The summed E-state index contributed by atoms with van der Waals surface area (Å²) < 4.78 is 18.4. The maximum atomic E-state index is 13.1. The van der Waals surface area contributed by atoms with E-state index in [1.165, 1.54) is 23.5 Å². The van der Waals surface area contributed by atoms with Crippen LogP contribution in [-0.2, 0) is 28.8 Å². The Kier molecular flexibility index (Phi) is 6.42. The van der Waals surface area contributed by atoms with Gasteiger partial charge in [-0.25, -0.2) is 9.18 Å². The number of amides is 1. The third-order valence-electron chi connectivity index (χ3n) is 5.50. The molecule has 0 fully saturated rings. The van der Waals surface area contributed by atoms with E-state index in [9.17, 15) is 14.0 Å². The van der Waals surface area contributed by atoms with E-state index in [1.807, 2.05) is 0 Å². The molecule has 29 heavy (non-hydrogen) atoms. The third kappa shape index (κ3) is 5.04. The zero-order valence-corrected chi connectivity index (χ0v) is 18.2. The van der Waals surface area contributed by atoms with E-state index in [0.29, 0.717) is 16.5 Å². The van der Waals surface area contributed by atoms with Crippen molar-refractivity contribution in [3.8, 4) is 0 Å². The van der Waals surface area contributed by atoms with Gasteiger partial charge in [-0.15, -0.1) is 11.3 Å². The van der Waals surface area contributed by atoms with Crippen molar-refractivity contribution in [3.63, 3.8) is 0 Å². The summed E-state index contributed by atoms with van der Waals surface area (Å²) in [6.07, 6.45) is 2.86. The highest BCUT2D eigenvalue weighted by Gasteiger charge is 2.34. The Balaban J connectivity index is 1.85. The third-order valence-corrected chi connectivity index (χ3v) is 6.67. The fourth-order valence-electron chi connectivity index (χ4n) is 3.79. The minimum absolute atomic E-state index is 0.121. The van der Waals surface area contributed by atoms with E-state index < -0.39 is 0 Å². The van der Waals surface area contributed by atoms with Gasteiger partial charge in [0.05, 0.1) is 18.6 Å². The maximum Gasteiger partial charge on any atom is 0.341 e. The first-order chi connectivity index (χ1) is 13.7. The van der Waals surface area contributed by atoms with Crippen molar-refractivity contribution in [1.82, 2.24) is 0 Å². The van der Waals surface area contributed by atoms with Gasteiger partial charge in [0, 0.05) is 4.88 Å². The van der Waals surface area contributed by atoms with Gasteiger partial charge in [0.15, 0.2) is 0 Å². The molecular weight excluding hydrogens is 389 g/mol. The van der Waals surface area contributed by atoms with Crippen molar-refractivity contribution < 1.29 is 18.7 Å². The molecule has 1 aromatic carbocycles. The van der Waals surface area contributed by atoms with Crippen molar-refractivity contribution in [2.24, 2.45) is 11.3 Å². The van der Waals surface area contributed by atoms with Gasteiger partial charge in [0.2, 0.25) is 5.91 Å². The van der Waals surface area contributed by atoms with Gasteiger partial charge in [0.25, 0.3) is 0 Å². The topological polar surface area (TPSA) is 55.4 Å². The Labute approximate surface area is 175 Å². The first-order valence-corrected chi connectivity index (χ1v) is 10.9. The van der Waals surface area contributed by atoms with Crippen LogP contribution >= 0.6 is 11.3 Å². The van der Waals surface area contributed by atoms with E-state index in [4.69, 9.17) is 4.74 Å². The fourth-order valence-corrected chi connectivity index (χ4v) is 5.12. The summed E-state index contributed by atoms with van der Waals surface area (Å²) >= 11 is 1.48. The summed E-state index contributed by atoms with van der Waals surface area (Å²) in [5.74, 6) is -0.408. The van der Waals surface area contributed by atoms with Crippen LogP contribution in [0.5, 0.6) is 0 Å². The molecule has 0 bridgehead atoms. The summed E-state index contributed by atoms with van der Waals surface area (Å²) in [7, 11) is 0. The highest BCUT2D eigenvalue weighted by Crippen LogP contribution is 2.44. The second-order valence-corrected chi connectivity index (χ2v) is 9.69. The summed E-state index contributed by atoms with van der Waals surface area (Å²) in [6, 6.07) is 5.86. The number of benzene rings is 1. The minimum Gasteiger partial charge on any atom is -0.462 e. The summed E-state index contributed by atoms with van der Waals surface area (Å²) in [5.41, 5.74) is 2.44. The number of carbonyl (C=O) groups is 2. The van der Waals surface area contributed by atoms with Crippen molar-refractivity contribution in [2.75, 3.05) is 11.9 Å². The summed E-state index contributed by atoms with van der Waals surface area (Å²) in [4.78, 5) is 26.4. The Hall–Kier alpha value is -2.21. The first kappa shape index (κ1) is 21.5. The second-order valence-electron chi connectivity index (χ2n) is 8.59. The highest BCUT2D eigenvalue weighted by atomic mass is 32.1. The van der Waals surface area contributed by atoms with E-state index in [1.54, 1.807) is 19.1 Å². The molecule has 1 N–H and O–H groups in total. The lowest BCUT2D eigenvalue weighted by Gasteiger charge is -2.33. The Morgan fingerprint density at radius 1 is 1.24 bits per heavy atom. The predicted octanol–water partition coefficient (Wildman–Crippen LogP) is 5.40. The SMILES string of the molecule is CCOC(=O)c1c(NC(=O)Cc2ccc(F)cc2)sc2c1CC[C@@H](C(C)(C)C)C2. The van der Waals surface area contributed by atoms with Crippen molar-refractivity contribution in [1.29, 1.82) is 0 Å². The molecule has 1 aliphatic rings. The number of hydrogen-bond acceptors (Lipinski definition) is 4. The van der Waals surface area contributed by atoms with Crippen molar-refractivity contribution >= 4 is 28.2 Å². The van der Waals surface area contributed by atoms with E-state index in [2.05, 4.69) is 26.1 Å². The van der Waals surface area contributed by atoms with Crippen molar-refractivity contribution in [2.45, 2.75) is 53.4 Å². The van der Waals surface area contributed by atoms with E-state index >= 15 is 0 Å². The Bertz CT molecular complexity index is 896. The van der Waals surface area contributed by atoms with Gasteiger partial charge in [0.1, 0.15) is 10.8 Å². The second kappa shape index (κ2) is 8.66. The van der Waals surface area contributed by atoms with Crippen LogP contribution in [0.25, 0.3) is 0 Å². The molecule has 0 radical (unpaired) electrons. The normalized spacial score (nSPS) is 16.2. The van der Waals surface area contributed by atoms with Gasteiger partial charge in [-0.2, -0.15) is 0 Å². The zero-order valence-electron chi connectivity index (χ0n) is 17.4.